The number of carboxylic acids is 1. The van der Waals surface area contributed by atoms with Gasteiger partial charge in [-0.1, -0.05) is 64.4 Å². The summed E-state index contributed by atoms with van der Waals surface area (Å²) in [6.45, 7) is 7.59. The van der Waals surface area contributed by atoms with Crippen molar-refractivity contribution in [1.29, 1.82) is 0 Å². The van der Waals surface area contributed by atoms with Gasteiger partial charge < -0.3 is 26.8 Å². The van der Waals surface area contributed by atoms with Gasteiger partial charge in [0.2, 0.25) is 17.7 Å². The molecule has 1 aromatic rings. The Hall–Kier alpha value is -2.59. The molecule has 190 valence electrons. The summed E-state index contributed by atoms with van der Waals surface area (Å²) in [6.07, 6.45) is 1.17. The fourth-order valence-electron chi connectivity index (χ4n) is 3.35. The Balaban J connectivity index is 2.88. The van der Waals surface area contributed by atoms with E-state index in [2.05, 4.69) is 28.6 Å². The molecule has 10 heteroatoms. The van der Waals surface area contributed by atoms with Crippen molar-refractivity contribution < 1.29 is 24.3 Å². The molecule has 34 heavy (non-hydrogen) atoms. The summed E-state index contributed by atoms with van der Waals surface area (Å²) >= 11 is 4.16. The molecule has 0 heterocycles. The molecular weight excluding hydrogens is 456 g/mol. The smallest absolute Gasteiger partial charge is 0.326 e. The van der Waals surface area contributed by atoms with Gasteiger partial charge in [-0.2, -0.15) is 12.6 Å². The molecule has 1 aromatic carbocycles. The van der Waals surface area contributed by atoms with Gasteiger partial charge in [-0.05, 0) is 23.8 Å². The maximum Gasteiger partial charge on any atom is 0.326 e. The Morgan fingerprint density at radius 1 is 0.941 bits per heavy atom. The van der Waals surface area contributed by atoms with Gasteiger partial charge in [-0.3, -0.25) is 14.4 Å². The number of carboxylic acid groups (broad SMARTS) is 1. The average Bonchev–Trinajstić information content (AvgIpc) is 2.79. The molecule has 3 amide bonds. The van der Waals surface area contributed by atoms with E-state index in [-0.39, 0.29) is 24.0 Å². The van der Waals surface area contributed by atoms with E-state index in [0.717, 1.165) is 5.56 Å². The number of thiol groups is 1. The van der Waals surface area contributed by atoms with Crippen molar-refractivity contribution in [3.63, 3.8) is 0 Å². The van der Waals surface area contributed by atoms with Crippen LogP contribution in [-0.4, -0.2) is 58.7 Å². The van der Waals surface area contributed by atoms with E-state index in [4.69, 9.17) is 5.73 Å². The van der Waals surface area contributed by atoms with Crippen molar-refractivity contribution in [2.24, 2.45) is 17.6 Å². The van der Waals surface area contributed by atoms with Crippen molar-refractivity contribution in [3.8, 4) is 0 Å². The molecular formula is C24H38N4O5S. The monoisotopic (exact) mass is 494 g/mol. The van der Waals surface area contributed by atoms with Crippen LogP contribution in [0.1, 0.15) is 46.1 Å². The van der Waals surface area contributed by atoms with Crippen molar-refractivity contribution in [2.75, 3.05) is 5.75 Å². The van der Waals surface area contributed by atoms with Crippen LogP contribution in [0.5, 0.6) is 0 Å². The number of amides is 3. The molecule has 1 rings (SSSR count). The summed E-state index contributed by atoms with van der Waals surface area (Å²) < 4.78 is 0. The average molecular weight is 495 g/mol. The zero-order valence-electron chi connectivity index (χ0n) is 20.3. The third kappa shape index (κ3) is 9.72. The van der Waals surface area contributed by atoms with E-state index < -0.39 is 47.9 Å². The van der Waals surface area contributed by atoms with Crippen LogP contribution < -0.4 is 21.7 Å². The standard InChI is InChI=1S/C24H38N4O5S/c1-5-15(4)20(28-21(29)17(25)11-14(2)3)23(31)27-19(13-34)22(30)26-18(24(32)33)12-16-9-7-6-8-10-16/h6-10,14-15,17-20,34H,5,11-13,25H2,1-4H3,(H,26,30)(H,27,31)(H,28,29)(H,32,33). The number of carbonyl (C=O) groups excluding carboxylic acids is 3. The van der Waals surface area contributed by atoms with Gasteiger partial charge in [0.05, 0.1) is 6.04 Å². The Morgan fingerprint density at radius 2 is 1.53 bits per heavy atom. The molecule has 0 saturated carbocycles. The fraction of sp³-hybridized carbons (Fsp3) is 0.583. The second kappa shape index (κ2) is 14.6. The van der Waals surface area contributed by atoms with Crippen molar-refractivity contribution in [3.05, 3.63) is 35.9 Å². The van der Waals surface area contributed by atoms with E-state index in [1.165, 1.54) is 0 Å². The maximum absolute atomic E-state index is 13.0. The van der Waals surface area contributed by atoms with Crippen LogP contribution in [0, 0.1) is 11.8 Å². The number of rotatable bonds is 14. The molecule has 5 atom stereocenters. The molecule has 5 unspecified atom stereocenters. The highest BCUT2D eigenvalue weighted by Crippen LogP contribution is 2.11. The first-order chi connectivity index (χ1) is 16.0. The number of nitrogens with two attached hydrogens (primary N) is 1. The Labute approximate surface area is 207 Å². The van der Waals surface area contributed by atoms with Crippen molar-refractivity contribution in [2.45, 2.75) is 71.1 Å². The predicted octanol–water partition coefficient (Wildman–Crippen LogP) is 1.12. The normalized spacial score (nSPS) is 15.5. The van der Waals surface area contributed by atoms with Gasteiger partial charge in [-0.25, -0.2) is 4.79 Å². The molecule has 0 radical (unpaired) electrons. The summed E-state index contributed by atoms with van der Waals surface area (Å²) in [5, 5.41) is 17.3. The molecule has 6 N–H and O–H groups in total. The second-order valence-corrected chi connectivity index (χ2v) is 9.31. The molecule has 0 aromatic heterocycles. The van der Waals surface area contributed by atoms with Crippen molar-refractivity contribution in [1.82, 2.24) is 16.0 Å². The minimum Gasteiger partial charge on any atom is -0.480 e. The highest BCUT2D eigenvalue weighted by molar-refractivity contribution is 7.80. The molecule has 0 bridgehead atoms. The van der Waals surface area contributed by atoms with Crippen LogP contribution in [0.15, 0.2) is 30.3 Å². The fourth-order valence-corrected chi connectivity index (χ4v) is 3.61. The van der Waals surface area contributed by atoms with Crippen LogP contribution in [0.3, 0.4) is 0 Å². The Bertz CT molecular complexity index is 821. The third-order valence-corrected chi connectivity index (χ3v) is 5.93. The molecule has 0 aliphatic carbocycles. The number of aliphatic carboxylic acids is 1. The van der Waals surface area contributed by atoms with Crippen LogP contribution in [0.25, 0.3) is 0 Å². The number of hydrogen-bond donors (Lipinski definition) is 6. The van der Waals surface area contributed by atoms with E-state index >= 15 is 0 Å². The van der Waals surface area contributed by atoms with Gasteiger partial charge in [0.1, 0.15) is 18.1 Å². The first-order valence-corrected chi connectivity index (χ1v) is 12.2. The molecule has 9 nitrogen and oxygen atoms in total. The second-order valence-electron chi connectivity index (χ2n) is 8.94. The van der Waals surface area contributed by atoms with Crippen LogP contribution >= 0.6 is 12.6 Å². The lowest BCUT2D eigenvalue weighted by Crippen LogP contribution is -2.59. The van der Waals surface area contributed by atoms with E-state index in [1.54, 1.807) is 24.3 Å². The SMILES string of the molecule is CCC(C)C(NC(=O)C(N)CC(C)C)C(=O)NC(CS)C(=O)NC(Cc1ccccc1)C(=O)O. The minimum atomic E-state index is -1.19. The van der Waals surface area contributed by atoms with E-state index in [1.807, 2.05) is 33.8 Å². The van der Waals surface area contributed by atoms with Gasteiger partial charge in [-0.15, -0.1) is 0 Å². The summed E-state index contributed by atoms with van der Waals surface area (Å²) in [5.74, 6) is -2.90. The third-order valence-electron chi connectivity index (χ3n) is 5.57. The topological polar surface area (TPSA) is 151 Å². The zero-order valence-corrected chi connectivity index (χ0v) is 21.2. The molecule has 0 spiro atoms. The summed E-state index contributed by atoms with van der Waals surface area (Å²) in [6, 6.07) is 5.00. The van der Waals surface area contributed by atoms with Crippen LogP contribution in [0.2, 0.25) is 0 Å². The largest absolute Gasteiger partial charge is 0.480 e. The van der Waals surface area contributed by atoms with Crippen LogP contribution in [0.4, 0.5) is 0 Å². The van der Waals surface area contributed by atoms with E-state index in [0.29, 0.717) is 12.8 Å². The number of hydrogen-bond acceptors (Lipinski definition) is 6. The highest BCUT2D eigenvalue weighted by atomic mass is 32.1. The highest BCUT2D eigenvalue weighted by Gasteiger charge is 2.32. The lowest BCUT2D eigenvalue weighted by molar-refractivity contribution is -0.142. The van der Waals surface area contributed by atoms with Crippen LogP contribution in [-0.2, 0) is 25.6 Å². The van der Waals surface area contributed by atoms with Gasteiger partial charge in [0, 0.05) is 12.2 Å². The minimum absolute atomic E-state index is 0.0523. The summed E-state index contributed by atoms with van der Waals surface area (Å²) in [7, 11) is 0. The van der Waals surface area contributed by atoms with Gasteiger partial charge in [0.15, 0.2) is 0 Å². The molecule has 0 aliphatic rings. The maximum atomic E-state index is 13.0. The lowest BCUT2D eigenvalue weighted by atomic mass is 9.96. The quantitative estimate of drug-likeness (QED) is 0.213. The molecule has 0 aliphatic heterocycles. The van der Waals surface area contributed by atoms with Gasteiger partial charge in [0.25, 0.3) is 0 Å². The number of carbonyl (C=O) groups is 4. The van der Waals surface area contributed by atoms with E-state index in [9.17, 15) is 24.3 Å². The first kappa shape index (κ1) is 29.4. The lowest BCUT2D eigenvalue weighted by Gasteiger charge is -2.27. The number of benzene rings is 1. The Kier molecular flexibility index (Phi) is 12.7. The molecule has 0 saturated heterocycles. The number of nitrogens with one attached hydrogen (secondary N) is 3. The van der Waals surface area contributed by atoms with Gasteiger partial charge >= 0.3 is 5.97 Å². The first-order valence-electron chi connectivity index (χ1n) is 11.5. The van der Waals surface area contributed by atoms with Crippen molar-refractivity contribution >= 4 is 36.3 Å². The summed E-state index contributed by atoms with van der Waals surface area (Å²) in [4.78, 5) is 50.0. The Morgan fingerprint density at radius 3 is 2.03 bits per heavy atom. The zero-order chi connectivity index (χ0) is 25.8. The summed E-state index contributed by atoms with van der Waals surface area (Å²) in [5.41, 5.74) is 6.70. The molecule has 0 fully saturated rings. The predicted molar refractivity (Wildman–Crippen MR) is 134 cm³/mol.